The molecule has 2 aromatic heterocycles. The van der Waals surface area contributed by atoms with Gasteiger partial charge in [-0.2, -0.15) is 0 Å². The van der Waals surface area contributed by atoms with Crippen molar-refractivity contribution in [3.05, 3.63) is 76.9 Å². The summed E-state index contributed by atoms with van der Waals surface area (Å²) in [4.78, 5) is 19.7. The molecule has 0 aliphatic carbocycles. The number of carbonyl (C=O) groups excluding carboxylic acids is 1. The Kier molecular flexibility index (Phi) is 5.55. The van der Waals surface area contributed by atoms with E-state index < -0.39 is 15.9 Å². The minimum absolute atomic E-state index is 0.115. The van der Waals surface area contributed by atoms with Crippen LogP contribution in [0.3, 0.4) is 0 Å². The lowest BCUT2D eigenvalue weighted by Gasteiger charge is -2.23. The van der Waals surface area contributed by atoms with Gasteiger partial charge in [0.05, 0.1) is 18.5 Å². The van der Waals surface area contributed by atoms with E-state index in [0.29, 0.717) is 16.6 Å². The SMILES string of the molecule is Cc1sc(N(Cc2ccccc2)c2cccc3c2ccn3C)nc1C(=O)NS(C)(=O)=O. The summed E-state index contributed by atoms with van der Waals surface area (Å²) in [5.74, 6) is -0.722. The third-order valence-corrected chi connectivity index (χ3v) is 6.44. The zero-order valence-electron chi connectivity index (χ0n) is 17.4. The molecule has 0 atom stereocenters. The number of rotatable bonds is 6. The van der Waals surface area contributed by atoms with Gasteiger partial charge in [-0.05, 0) is 30.7 Å². The molecule has 0 bridgehead atoms. The first kappa shape index (κ1) is 21.1. The molecule has 0 aliphatic heterocycles. The topological polar surface area (TPSA) is 84.3 Å². The van der Waals surface area contributed by atoms with Crippen molar-refractivity contribution >= 4 is 49.0 Å². The van der Waals surface area contributed by atoms with E-state index in [1.54, 1.807) is 6.92 Å². The van der Waals surface area contributed by atoms with Gasteiger partial charge < -0.3 is 9.47 Å². The molecular weight excluding hydrogens is 432 g/mol. The molecule has 0 radical (unpaired) electrons. The summed E-state index contributed by atoms with van der Waals surface area (Å²) in [7, 11) is -1.68. The Bertz CT molecular complexity index is 1360. The van der Waals surface area contributed by atoms with Crippen molar-refractivity contribution in [2.24, 2.45) is 7.05 Å². The Hall–Kier alpha value is -3.17. The van der Waals surface area contributed by atoms with Gasteiger partial charge >= 0.3 is 0 Å². The summed E-state index contributed by atoms with van der Waals surface area (Å²) in [6.07, 6.45) is 2.96. The van der Waals surface area contributed by atoms with Crippen LogP contribution in [0.15, 0.2) is 60.8 Å². The van der Waals surface area contributed by atoms with Crippen LogP contribution in [-0.2, 0) is 23.6 Å². The Labute approximate surface area is 185 Å². The molecule has 0 aliphatic rings. The van der Waals surface area contributed by atoms with Crippen molar-refractivity contribution in [2.45, 2.75) is 13.5 Å². The molecule has 160 valence electrons. The van der Waals surface area contributed by atoms with E-state index in [9.17, 15) is 13.2 Å². The van der Waals surface area contributed by atoms with Crippen LogP contribution in [0.2, 0.25) is 0 Å². The molecule has 0 unspecified atom stereocenters. The Morgan fingerprint density at radius 2 is 1.87 bits per heavy atom. The van der Waals surface area contributed by atoms with E-state index in [1.807, 2.05) is 60.4 Å². The Morgan fingerprint density at radius 3 is 2.58 bits per heavy atom. The van der Waals surface area contributed by atoms with Crippen molar-refractivity contribution in [3.63, 3.8) is 0 Å². The van der Waals surface area contributed by atoms with E-state index in [4.69, 9.17) is 0 Å². The van der Waals surface area contributed by atoms with Gasteiger partial charge in [-0.25, -0.2) is 18.1 Å². The monoisotopic (exact) mass is 454 g/mol. The quantitative estimate of drug-likeness (QED) is 0.477. The number of hydrogen-bond acceptors (Lipinski definition) is 6. The van der Waals surface area contributed by atoms with Crippen LogP contribution >= 0.6 is 11.3 Å². The zero-order valence-corrected chi connectivity index (χ0v) is 19.0. The van der Waals surface area contributed by atoms with Crippen molar-refractivity contribution < 1.29 is 13.2 Å². The van der Waals surface area contributed by atoms with Gasteiger partial charge in [-0.3, -0.25) is 4.79 Å². The predicted molar refractivity (Wildman–Crippen MR) is 124 cm³/mol. The fourth-order valence-electron chi connectivity index (χ4n) is 3.47. The number of aryl methyl sites for hydroxylation is 2. The molecule has 0 fully saturated rings. The normalized spacial score (nSPS) is 11.6. The van der Waals surface area contributed by atoms with Crippen LogP contribution in [0.5, 0.6) is 0 Å². The Morgan fingerprint density at radius 1 is 1.13 bits per heavy atom. The van der Waals surface area contributed by atoms with Crippen molar-refractivity contribution in [1.82, 2.24) is 14.3 Å². The van der Waals surface area contributed by atoms with Crippen LogP contribution in [0, 0.1) is 6.92 Å². The van der Waals surface area contributed by atoms with Gasteiger partial charge in [-0.15, -0.1) is 11.3 Å². The molecule has 0 saturated heterocycles. The maximum absolute atomic E-state index is 12.5. The number of benzene rings is 2. The first-order valence-electron chi connectivity index (χ1n) is 9.58. The number of fused-ring (bicyclic) bond motifs is 1. The number of anilines is 2. The Balaban J connectivity index is 1.82. The molecule has 4 rings (SSSR count). The molecule has 4 aromatic rings. The van der Waals surface area contributed by atoms with Gasteiger partial charge in [0.15, 0.2) is 5.13 Å². The highest BCUT2D eigenvalue weighted by atomic mass is 32.2. The number of sulfonamides is 1. The summed E-state index contributed by atoms with van der Waals surface area (Å²) in [6, 6.07) is 18.1. The van der Waals surface area contributed by atoms with Crippen molar-refractivity contribution in [2.75, 3.05) is 11.2 Å². The number of amides is 1. The molecule has 7 nitrogen and oxygen atoms in total. The summed E-state index contributed by atoms with van der Waals surface area (Å²) in [6.45, 7) is 2.32. The lowest BCUT2D eigenvalue weighted by Crippen LogP contribution is -2.30. The molecule has 0 spiro atoms. The average molecular weight is 455 g/mol. The summed E-state index contributed by atoms with van der Waals surface area (Å²) >= 11 is 1.36. The van der Waals surface area contributed by atoms with E-state index in [2.05, 4.69) is 26.6 Å². The smallest absolute Gasteiger partial charge is 0.284 e. The second-order valence-corrected chi connectivity index (χ2v) is 10.2. The van der Waals surface area contributed by atoms with Gasteiger partial charge in [0.25, 0.3) is 5.91 Å². The lowest BCUT2D eigenvalue weighted by atomic mass is 10.1. The van der Waals surface area contributed by atoms with Gasteiger partial charge in [0.1, 0.15) is 5.69 Å². The molecule has 0 saturated carbocycles. The molecular formula is C22H22N4O3S2. The first-order valence-corrected chi connectivity index (χ1v) is 12.3. The number of carbonyl (C=O) groups is 1. The minimum atomic E-state index is -3.68. The third-order valence-electron chi connectivity index (χ3n) is 4.89. The van der Waals surface area contributed by atoms with Crippen LogP contribution in [0.25, 0.3) is 10.9 Å². The third kappa shape index (κ3) is 4.47. The molecule has 1 amide bonds. The van der Waals surface area contributed by atoms with E-state index in [0.717, 1.165) is 28.4 Å². The second kappa shape index (κ2) is 8.16. The molecule has 2 aromatic carbocycles. The van der Waals surface area contributed by atoms with E-state index in [-0.39, 0.29) is 5.69 Å². The fourth-order valence-corrected chi connectivity index (χ4v) is 4.82. The van der Waals surface area contributed by atoms with E-state index >= 15 is 0 Å². The zero-order chi connectivity index (χ0) is 22.2. The molecule has 1 N–H and O–H groups in total. The van der Waals surface area contributed by atoms with Gasteiger partial charge in [0.2, 0.25) is 10.0 Å². The van der Waals surface area contributed by atoms with Crippen molar-refractivity contribution in [1.29, 1.82) is 0 Å². The summed E-state index contributed by atoms with van der Waals surface area (Å²) < 4.78 is 27.1. The number of hydrogen-bond donors (Lipinski definition) is 1. The van der Waals surface area contributed by atoms with Gasteiger partial charge in [-0.1, -0.05) is 36.4 Å². The van der Waals surface area contributed by atoms with Crippen LogP contribution in [0.4, 0.5) is 10.8 Å². The summed E-state index contributed by atoms with van der Waals surface area (Å²) in [5.41, 5.74) is 3.25. The van der Waals surface area contributed by atoms with Crippen molar-refractivity contribution in [3.8, 4) is 0 Å². The number of thiazole rings is 1. The average Bonchev–Trinajstić information content (AvgIpc) is 3.29. The van der Waals surface area contributed by atoms with Crippen LogP contribution in [0.1, 0.15) is 20.9 Å². The van der Waals surface area contributed by atoms with E-state index in [1.165, 1.54) is 11.3 Å². The minimum Gasteiger partial charge on any atom is -0.350 e. The second-order valence-electron chi connectivity index (χ2n) is 7.31. The maximum atomic E-state index is 12.5. The van der Waals surface area contributed by atoms with Crippen LogP contribution in [-0.4, -0.2) is 30.1 Å². The van der Waals surface area contributed by atoms with Gasteiger partial charge in [0, 0.05) is 29.0 Å². The first-order chi connectivity index (χ1) is 14.7. The highest BCUT2D eigenvalue weighted by molar-refractivity contribution is 7.89. The maximum Gasteiger partial charge on any atom is 0.284 e. The largest absolute Gasteiger partial charge is 0.350 e. The standard InChI is InChI=1S/C22H22N4O3S2/c1-15-20(21(27)24-31(3,28)29)23-22(30-15)26(14-16-8-5-4-6-9-16)19-11-7-10-18-17(19)12-13-25(18)2/h4-13H,14H2,1-3H3,(H,24,27). The fraction of sp³-hybridized carbons (Fsp3) is 0.182. The highest BCUT2D eigenvalue weighted by Crippen LogP contribution is 2.37. The predicted octanol–water partition coefficient (Wildman–Crippen LogP) is 3.97. The summed E-state index contributed by atoms with van der Waals surface area (Å²) in [5, 5.41) is 1.69. The molecule has 2 heterocycles. The molecule has 31 heavy (non-hydrogen) atoms. The number of aromatic nitrogens is 2. The highest BCUT2D eigenvalue weighted by Gasteiger charge is 2.23. The number of nitrogens with one attached hydrogen (secondary N) is 1. The lowest BCUT2D eigenvalue weighted by molar-refractivity contribution is 0.0977. The number of nitrogens with zero attached hydrogens (tertiary/aromatic N) is 3. The molecule has 9 heteroatoms. The van der Waals surface area contributed by atoms with Crippen LogP contribution < -0.4 is 9.62 Å².